The van der Waals surface area contributed by atoms with Gasteiger partial charge in [0.15, 0.2) is 0 Å². The van der Waals surface area contributed by atoms with E-state index in [9.17, 15) is 5.11 Å². The van der Waals surface area contributed by atoms with Crippen molar-refractivity contribution in [2.75, 3.05) is 18.6 Å². The predicted octanol–water partition coefficient (Wildman–Crippen LogP) is 2.49. The molecule has 0 amide bonds. The van der Waals surface area contributed by atoms with E-state index in [0.29, 0.717) is 18.1 Å². The average Bonchev–Trinajstić information content (AvgIpc) is 3.11. The van der Waals surface area contributed by atoms with E-state index in [0.717, 1.165) is 41.6 Å². The molecule has 26 heavy (non-hydrogen) atoms. The van der Waals surface area contributed by atoms with E-state index < -0.39 is 6.10 Å². The van der Waals surface area contributed by atoms with Crippen molar-refractivity contribution in [2.45, 2.75) is 26.0 Å². The summed E-state index contributed by atoms with van der Waals surface area (Å²) in [5.41, 5.74) is 3.79. The number of hydrogen-bond donors (Lipinski definition) is 2. The molecule has 0 spiro atoms. The molecule has 4 rings (SSSR count). The third-order valence-corrected chi connectivity index (χ3v) is 4.56. The van der Waals surface area contributed by atoms with E-state index in [1.165, 1.54) is 0 Å². The highest BCUT2D eigenvalue weighted by Crippen LogP contribution is 2.26. The first-order valence-corrected chi connectivity index (χ1v) is 8.62. The molecular formula is C19H21N5O2. The minimum Gasteiger partial charge on any atom is -0.481 e. The van der Waals surface area contributed by atoms with Crippen molar-refractivity contribution in [3.05, 3.63) is 53.6 Å². The highest BCUT2D eigenvalue weighted by molar-refractivity contribution is 5.56. The number of aromatic amines is 1. The smallest absolute Gasteiger partial charge is 0.212 e. The fourth-order valence-corrected chi connectivity index (χ4v) is 3.12. The largest absolute Gasteiger partial charge is 0.481 e. The highest BCUT2D eigenvalue weighted by Gasteiger charge is 2.22. The fraction of sp³-hybridized carbons (Fsp3) is 0.316. The molecule has 2 N–H and O–H groups in total. The van der Waals surface area contributed by atoms with Crippen molar-refractivity contribution in [1.82, 2.24) is 19.9 Å². The second-order valence-electron chi connectivity index (χ2n) is 6.37. The molecule has 7 nitrogen and oxygen atoms in total. The molecule has 0 saturated carbocycles. The van der Waals surface area contributed by atoms with Crippen LogP contribution in [0.15, 0.2) is 36.5 Å². The molecule has 3 aromatic rings. The molecule has 0 saturated heterocycles. The Morgan fingerprint density at radius 1 is 1.23 bits per heavy atom. The Hall–Kier alpha value is -2.93. The number of methoxy groups -OCH3 is 1. The molecule has 0 bridgehead atoms. The van der Waals surface area contributed by atoms with Gasteiger partial charge < -0.3 is 19.7 Å². The van der Waals surface area contributed by atoms with E-state index in [1.54, 1.807) is 20.2 Å². The lowest BCUT2D eigenvalue weighted by Gasteiger charge is -2.27. The van der Waals surface area contributed by atoms with E-state index >= 15 is 0 Å². The number of aliphatic hydroxyl groups excluding tert-OH is 1. The fourth-order valence-electron chi connectivity index (χ4n) is 3.12. The van der Waals surface area contributed by atoms with Crippen molar-refractivity contribution in [3.63, 3.8) is 0 Å². The molecule has 0 aliphatic carbocycles. The lowest BCUT2D eigenvalue weighted by molar-refractivity contribution is 0.194. The second-order valence-corrected chi connectivity index (χ2v) is 6.37. The number of fused-ring (bicyclic) bond motifs is 1. The molecule has 0 aromatic carbocycles. The quantitative estimate of drug-likeness (QED) is 0.751. The topological polar surface area (TPSA) is 87.2 Å². The lowest BCUT2D eigenvalue weighted by atomic mass is 10.1. The monoisotopic (exact) mass is 351 g/mol. The number of anilines is 1. The Kier molecular flexibility index (Phi) is 4.30. The zero-order valence-electron chi connectivity index (χ0n) is 14.8. The van der Waals surface area contributed by atoms with Gasteiger partial charge in [-0.3, -0.25) is 0 Å². The molecule has 4 heterocycles. The Morgan fingerprint density at radius 3 is 2.85 bits per heavy atom. The number of H-pyrrole nitrogens is 1. The average molecular weight is 351 g/mol. The Bertz CT molecular complexity index is 905. The molecule has 7 heteroatoms. The maximum Gasteiger partial charge on any atom is 0.212 e. The third-order valence-electron chi connectivity index (χ3n) is 4.56. The number of pyridine rings is 2. The molecule has 0 unspecified atom stereocenters. The maximum absolute atomic E-state index is 9.76. The van der Waals surface area contributed by atoms with Gasteiger partial charge in [0.05, 0.1) is 36.8 Å². The number of imidazole rings is 1. The third kappa shape index (κ3) is 3.13. The molecular weight excluding hydrogens is 330 g/mol. The van der Waals surface area contributed by atoms with Crippen molar-refractivity contribution < 1.29 is 9.84 Å². The summed E-state index contributed by atoms with van der Waals surface area (Å²) in [6.07, 6.45) is 2.03. The zero-order chi connectivity index (χ0) is 18.1. The van der Waals surface area contributed by atoms with Gasteiger partial charge in [0, 0.05) is 30.8 Å². The number of nitrogens with zero attached hydrogens (tertiary/aromatic N) is 4. The van der Waals surface area contributed by atoms with Crippen molar-refractivity contribution in [1.29, 1.82) is 0 Å². The number of hydrogen-bond acceptors (Lipinski definition) is 6. The van der Waals surface area contributed by atoms with Crippen molar-refractivity contribution >= 4 is 5.82 Å². The first kappa shape index (κ1) is 16.5. The minimum atomic E-state index is -0.573. The molecule has 0 radical (unpaired) electrons. The first-order chi connectivity index (χ1) is 12.6. The zero-order valence-corrected chi connectivity index (χ0v) is 14.8. The van der Waals surface area contributed by atoms with E-state index in [4.69, 9.17) is 9.72 Å². The molecule has 0 fully saturated rings. The molecule has 1 aliphatic rings. The summed E-state index contributed by atoms with van der Waals surface area (Å²) in [4.78, 5) is 19.2. The van der Waals surface area contributed by atoms with Gasteiger partial charge in [-0.05, 0) is 25.1 Å². The van der Waals surface area contributed by atoms with Crippen molar-refractivity contribution in [2.24, 2.45) is 0 Å². The Balaban J connectivity index is 1.57. The normalized spacial score (nSPS) is 14.8. The summed E-state index contributed by atoms with van der Waals surface area (Å²) < 4.78 is 5.10. The van der Waals surface area contributed by atoms with Crippen LogP contribution in [-0.4, -0.2) is 38.7 Å². The predicted molar refractivity (Wildman–Crippen MR) is 98.0 cm³/mol. The first-order valence-electron chi connectivity index (χ1n) is 8.62. The summed E-state index contributed by atoms with van der Waals surface area (Å²) in [6.45, 7) is 3.28. The highest BCUT2D eigenvalue weighted by atomic mass is 16.5. The van der Waals surface area contributed by atoms with E-state index in [2.05, 4.69) is 19.9 Å². The number of ether oxygens (including phenoxy) is 1. The number of rotatable bonds is 4. The van der Waals surface area contributed by atoms with Gasteiger partial charge in [0.25, 0.3) is 0 Å². The van der Waals surface area contributed by atoms with Gasteiger partial charge in [-0.2, -0.15) is 0 Å². The lowest BCUT2D eigenvalue weighted by Crippen LogP contribution is -2.31. The van der Waals surface area contributed by atoms with Crippen LogP contribution < -0.4 is 9.64 Å². The van der Waals surface area contributed by atoms with Crippen LogP contribution >= 0.6 is 0 Å². The van der Waals surface area contributed by atoms with Gasteiger partial charge in [-0.15, -0.1) is 0 Å². The molecule has 3 aromatic heterocycles. The minimum absolute atomic E-state index is 0.573. The Morgan fingerprint density at radius 2 is 2.12 bits per heavy atom. The summed E-state index contributed by atoms with van der Waals surface area (Å²) >= 11 is 0. The van der Waals surface area contributed by atoms with Gasteiger partial charge in [-0.1, -0.05) is 6.07 Å². The number of nitrogens with one attached hydrogen (secondary N) is 1. The summed E-state index contributed by atoms with van der Waals surface area (Å²) in [6, 6.07) is 9.52. The van der Waals surface area contributed by atoms with Crippen LogP contribution in [0.3, 0.4) is 0 Å². The van der Waals surface area contributed by atoms with Gasteiger partial charge in [-0.25, -0.2) is 15.0 Å². The van der Waals surface area contributed by atoms with Crippen LogP contribution in [0.2, 0.25) is 0 Å². The van der Waals surface area contributed by atoms with Gasteiger partial charge in [0.1, 0.15) is 11.6 Å². The standard InChI is InChI=1S/C19H21N5O2/c1-12(25)14-4-3-5-17(21-14)24-9-8-15-16(11-24)23-19(22-15)13-6-7-18(26-2)20-10-13/h3-7,10,12,25H,8-9,11H2,1-2H3,(H,22,23)/t12-/m0/s1. The maximum atomic E-state index is 9.76. The second kappa shape index (κ2) is 6.76. The van der Waals surface area contributed by atoms with Crippen LogP contribution in [0.25, 0.3) is 11.4 Å². The van der Waals surface area contributed by atoms with Gasteiger partial charge >= 0.3 is 0 Å². The molecule has 134 valence electrons. The van der Waals surface area contributed by atoms with E-state index in [1.807, 2.05) is 30.3 Å². The number of aliphatic hydroxyl groups is 1. The van der Waals surface area contributed by atoms with Crippen molar-refractivity contribution in [3.8, 4) is 17.3 Å². The SMILES string of the molecule is COc1ccc(-c2nc3c([nH]2)CN(c2cccc([C@H](C)O)n2)CC3)cn1. The summed E-state index contributed by atoms with van der Waals surface area (Å²) in [5.74, 6) is 2.27. The van der Waals surface area contributed by atoms with Crippen LogP contribution in [0, 0.1) is 0 Å². The Labute approximate surface area is 151 Å². The number of aromatic nitrogens is 4. The van der Waals surface area contributed by atoms with Crippen LogP contribution in [0.5, 0.6) is 5.88 Å². The summed E-state index contributed by atoms with van der Waals surface area (Å²) in [5, 5.41) is 9.76. The summed E-state index contributed by atoms with van der Waals surface area (Å²) in [7, 11) is 1.60. The van der Waals surface area contributed by atoms with Crippen LogP contribution in [0.4, 0.5) is 5.82 Å². The molecule has 1 aliphatic heterocycles. The van der Waals surface area contributed by atoms with Crippen LogP contribution in [0.1, 0.15) is 30.1 Å². The van der Waals surface area contributed by atoms with Gasteiger partial charge in [0.2, 0.25) is 5.88 Å². The van der Waals surface area contributed by atoms with E-state index in [-0.39, 0.29) is 0 Å². The molecule has 1 atom stereocenters. The van der Waals surface area contributed by atoms with Crippen LogP contribution in [-0.2, 0) is 13.0 Å².